The molecule has 0 spiro atoms. The molecule has 0 fully saturated rings. The van der Waals surface area contributed by atoms with Crippen LogP contribution in [0.5, 0.6) is 0 Å². The third-order valence-corrected chi connectivity index (χ3v) is 2.42. The third kappa shape index (κ3) is 4.48. The van der Waals surface area contributed by atoms with Gasteiger partial charge in [-0.25, -0.2) is 0 Å². The highest BCUT2D eigenvalue weighted by molar-refractivity contribution is 6.32. The van der Waals surface area contributed by atoms with Crippen LogP contribution in [0.1, 0.15) is 33.6 Å². The van der Waals surface area contributed by atoms with Crippen molar-refractivity contribution in [1.29, 1.82) is 0 Å². The highest BCUT2D eigenvalue weighted by Gasteiger charge is 2.01. The molecular formula is C13H19Cl. The van der Waals surface area contributed by atoms with E-state index >= 15 is 0 Å². The fourth-order valence-corrected chi connectivity index (χ4v) is 1.46. The lowest BCUT2D eigenvalue weighted by atomic mass is 10.1. The Morgan fingerprint density at radius 3 is 2.50 bits per heavy atom. The molecule has 78 valence electrons. The molecule has 0 aliphatic carbocycles. The van der Waals surface area contributed by atoms with E-state index in [0.29, 0.717) is 0 Å². The van der Waals surface area contributed by atoms with Crippen LogP contribution in [0, 0.1) is 0 Å². The molecule has 0 heterocycles. The van der Waals surface area contributed by atoms with Gasteiger partial charge in [0.2, 0.25) is 0 Å². The van der Waals surface area contributed by atoms with Crippen molar-refractivity contribution in [3.63, 3.8) is 0 Å². The van der Waals surface area contributed by atoms with Crippen LogP contribution in [0.4, 0.5) is 0 Å². The Kier molecular flexibility index (Phi) is 7.23. The average Bonchev–Trinajstić information content (AvgIpc) is 2.17. The van der Waals surface area contributed by atoms with Crippen molar-refractivity contribution in [2.45, 2.75) is 33.6 Å². The minimum atomic E-state index is 0.852. The molecule has 1 heteroatoms. The van der Waals surface area contributed by atoms with Crippen LogP contribution in [-0.4, -0.2) is 0 Å². The van der Waals surface area contributed by atoms with Gasteiger partial charge in [-0.05, 0) is 31.4 Å². The molecule has 0 saturated heterocycles. The molecule has 14 heavy (non-hydrogen) atoms. The maximum Gasteiger partial charge on any atom is 0.0467 e. The highest BCUT2D eigenvalue weighted by Crippen LogP contribution is 2.23. The SMILES string of the molecule is C=C/C=C(C)/C(Cl)=C(/C=C/C)CCC. The van der Waals surface area contributed by atoms with Crippen LogP contribution in [0.2, 0.25) is 0 Å². The van der Waals surface area contributed by atoms with Crippen LogP contribution in [-0.2, 0) is 0 Å². The number of halogens is 1. The first-order valence-electron chi connectivity index (χ1n) is 4.98. The zero-order valence-electron chi connectivity index (χ0n) is 9.31. The van der Waals surface area contributed by atoms with Gasteiger partial charge in [-0.3, -0.25) is 0 Å². The van der Waals surface area contributed by atoms with E-state index < -0.39 is 0 Å². The summed E-state index contributed by atoms with van der Waals surface area (Å²) in [5.41, 5.74) is 2.27. The molecule has 0 aromatic heterocycles. The van der Waals surface area contributed by atoms with E-state index in [9.17, 15) is 0 Å². The summed E-state index contributed by atoms with van der Waals surface area (Å²) in [4.78, 5) is 0. The summed E-state index contributed by atoms with van der Waals surface area (Å²) in [6, 6.07) is 0. The van der Waals surface area contributed by atoms with Gasteiger partial charge in [0, 0.05) is 5.03 Å². The van der Waals surface area contributed by atoms with Gasteiger partial charge in [-0.15, -0.1) is 0 Å². The molecule has 0 bridgehead atoms. The molecule has 0 aliphatic heterocycles. The zero-order valence-corrected chi connectivity index (χ0v) is 10.1. The Bertz CT molecular complexity index is 267. The van der Waals surface area contributed by atoms with E-state index in [0.717, 1.165) is 23.4 Å². The zero-order chi connectivity index (χ0) is 11.0. The van der Waals surface area contributed by atoms with E-state index in [-0.39, 0.29) is 0 Å². The maximum atomic E-state index is 6.25. The van der Waals surface area contributed by atoms with Gasteiger partial charge in [-0.2, -0.15) is 0 Å². The summed E-state index contributed by atoms with van der Waals surface area (Å²) < 4.78 is 0. The topological polar surface area (TPSA) is 0 Å². The summed E-state index contributed by atoms with van der Waals surface area (Å²) in [5.74, 6) is 0. The summed E-state index contributed by atoms with van der Waals surface area (Å²) >= 11 is 6.25. The Hall–Kier alpha value is -0.750. The van der Waals surface area contributed by atoms with Crippen molar-refractivity contribution >= 4 is 11.6 Å². The largest absolute Gasteiger partial charge is 0.0991 e. The van der Waals surface area contributed by atoms with Crippen molar-refractivity contribution in [3.05, 3.63) is 47.1 Å². The lowest BCUT2D eigenvalue weighted by Gasteiger charge is -2.05. The Balaban J connectivity index is 4.96. The summed E-state index contributed by atoms with van der Waals surface area (Å²) in [6.45, 7) is 9.82. The van der Waals surface area contributed by atoms with Gasteiger partial charge >= 0.3 is 0 Å². The van der Waals surface area contributed by atoms with Crippen molar-refractivity contribution in [3.8, 4) is 0 Å². The molecule has 0 saturated carbocycles. The van der Waals surface area contributed by atoms with Gasteiger partial charge in [0.1, 0.15) is 0 Å². The first-order valence-corrected chi connectivity index (χ1v) is 5.36. The lowest BCUT2D eigenvalue weighted by molar-refractivity contribution is 0.922. The molecule has 0 unspecified atom stereocenters. The predicted octanol–water partition coefficient (Wildman–Crippen LogP) is 4.99. The standard InChI is InChI=1S/C13H19Cl/c1-5-8-11(4)13(14)12(9-6-2)10-7-3/h5-6,8-9H,1,7,10H2,2-4H3/b9-6+,11-8+,13-12+. The molecule has 0 amide bonds. The molecule has 0 atom stereocenters. The van der Waals surface area contributed by atoms with Gasteiger partial charge in [0.25, 0.3) is 0 Å². The average molecular weight is 211 g/mol. The second kappa shape index (κ2) is 7.64. The molecule has 0 nitrogen and oxygen atoms in total. The number of hydrogen-bond donors (Lipinski definition) is 0. The van der Waals surface area contributed by atoms with E-state index in [1.807, 2.05) is 26.0 Å². The monoisotopic (exact) mass is 210 g/mol. The van der Waals surface area contributed by atoms with Crippen molar-refractivity contribution in [2.75, 3.05) is 0 Å². The van der Waals surface area contributed by atoms with Crippen molar-refractivity contribution in [2.24, 2.45) is 0 Å². The smallest absolute Gasteiger partial charge is 0.0467 e. The van der Waals surface area contributed by atoms with E-state index in [4.69, 9.17) is 11.6 Å². The highest BCUT2D eigenvalue weighted by atomic mass is 35.5. The first kappa shape index (κ1) is 13.2. The van der Waals surface area contributed by atoms with E-state index in [1.54, 1.807) is 6.08 Å². The molecule has 0 aromatic carbocycles. The van der Waals surface area contributed by atoms with Crippen LogP contribution < -0.4 is 0 Å². The molecule has 0 rings (SSSR count). The third-order valence-electron chi connectivity index (χ3n) is 1.88. The minimum absolute atomic E-state index is 0.852. The maximum absolute atomic E-state index is 6.25. The number of hydrogen-bond acceptors (Lipinski definition) is 0. The second-order valence-electron chi connectivity index (χ2n) is 3.17. The molecule has 0 radical (unpaired) electrons. The van der Waals surface area contributed by atoms with Gasteiger partial charge in [0.15, 0.2) is 0 Å². The van der Waals surface area contributed by atoms with Crippen molar-refractivity contribution < 1.29 is 0 Å². The van der Waals surface area contributed by atoms with E-state index in [2.05, 4.69) is 19.6 Å². The van der Waals surface area contributed by atoms with E-state index in [1.165, 1.54) is 5.57 Å². The summed E-state index contributed by atoms with van der Waals surface area (Å²) in [6.07, 6.45) is 9.92. The van der Waals surface area contributed by atoms with Gasteiger partial charge in [-0.1, -0.05) is 55.8 Å². The van der Waals surface area contributed by atoms with Crippen LogP contribution in [0.3, 0.4) is 0 Å². The van der Waals surface area contributed by atoms with Crippen LogP contribution in [0.25, 0.3) is 0 Å². The van der Waals surface area contributed by atoms with Crippen LogP contribution >= 0.6 is 11.6 Å². The summed E-state index contributed by atoms with van der Waals surface area (Å²) in [5, 5.41) is 0.852. The number of rotatable bonds is 5. The number of allylic oxidation sites excluding steroid dienone is 7. The fraction of sp³-hybridized carbons (Fsp3) is 0.385. The Morgan fingerprint density at radius 2 is 2.07 bits per heavy atom. The quantitative estimate of drug-likeness (QED) is 0.561. The van der Waals surface area contributed by atoms with Crippen LogP contribution in [0.15, 0.2) is 47.1 Å². The van der Waals surface area contributed by atoms with Crippen molar-refractivity contribution in [1.82, 2.24) is 0 Å². The molecule has 0 aromatic rings. The van der Waals surface area contributed by atoms with Gasteiger partial charge < -0.3 is 0 Å². The molecular weight excluding hydrogens is 192 g/mol. The Labute approximate surface area is 92.7 Å². The predicted molar refractivity (Wildman–Crippen MR) is 66.6 cm³/mol. The normalized spacial score (nSPS) is 14.4. The second-order valence-corrected chi connectivity index (χ2v) is 3.55. The molecule has 0 aliphatic rings. The lowest BCUT2D eigenvalue weighted by Crippen LogP contribution is -1.85. The minimum Gasteiger partial charge on any atom is -0.0991 e. The Morgan fingerprint density at radius 1 is 1.43 bits per heavy atom. The first-order chi connectivity index (χ1) is 6.67. The van der Waals surface area contributed by atoms with Gasteiger partial charge in [0.05, 0.1) is 0 Å². The fourth-order valence-electron chi connectivity index (χ4n) is 1.24. The molecule has 0 N–H and O–H groups in total. The summed E-state index contributed by atoms with van der Waals surface area (Å²) in [7, 11) is 0.